The molecule has 1 aliphatic heterocycles. The van der Waals surface area contributed by atoms with Crippen LogP contribution in [0.1, 0.15) is 0 Å². The number of anilines is 1. The van der Waals surface area contributed by atoms with Gasteiger partial charge in [-0.1, -0.05) is 0 Å². The van der Waals surface area contributed by atoms with Crippen LogP contribution in [-0.2, 0) is 4.79 Å². The average Bonchev–Trinajstić information content (AvgIpc) is 2.42. The number of likely N-dealkylation sites (N-methyl/N-ethyl adjacent to an activating group) is 1. The van der Waals surface area contributed by atoms with Crippen LogP contribution in [0.5, 0.6) is 11.5 Å². The van der Waals surface area contributed by atoms with E-state index in [1.165, 1.54) is 23.1 Å². The molecular weight excluding hydrogens is 246 g/mol. The minimum Gasteiger partial charge on any atom is -0.489 e. The highest BCUT2D eigenvalue weighted by molar-refractivity contribution is 5.98. The maximum absolute atomic E-state index is 12.1. The van der Waals surface area contributed by atoms with Gasteiger partial charge in [-0.25, -0.2) is 0 Å². The molecule has 0 saturated carbocycles. The molecule has 1 aromatic carbocycles. The lowest BCUT2D eigenvalue weighted by Crippen LogP contribution is -2.43. The zero-order valence-corrected chi connectivity index (χ0v) is 9.60. The molecule has 0 fully saturated rings. The molecule has 2 rings (SSSR count). The van der Waals surface area contributed by atoms with Gasteiger partial charge in [0, 0.05) is 13.1 Å². The Balaban J connectivity index is 2.33. The zero-order valence-electron chi connectivity index (χ0n) is 9.60. The van der Waals surface area contributed by atoms with Gasteiger partial charge in [0.15, 0.2) is 0 Å². The number of hydrogen-bond donors (Lipinski definition) is 1. The fourth-order valence-corrected chi connectivity index (χ4v) is 1.68. The molecule has 2 N–H and O–H groups in total. The monoisotopic (exact) mass is 258 g/mol. The van der Waals surface area contributed by atoms with Crippen molar-refractivity contribution in [1.29, 1.82) is 0 Å². The van der Waals surface area contributed by atoms with Crippen molar-refractivity contribution in [1.82, 2.24) is 0 Å². The number of alkyl halides is 2. The normalized spacial score (nSPS) is 19.3. The van der Waals surface area contributed by atoms with Gasteiger partial charge < -0.3 is 20.1 Å². The first-order chi connectivity index (χ1) is 8.49. The predicted octanol–water partition coefficient (Wildman–Crippen LogP) is 0.970. The smallest absolute Gasteiger partial charge is 0.387 e. The van der Waals surface area contributed by atoms with Crippen LogP contribution in [-0.4, -0.2) is 32.2 Å². The summed E-state index contributed by atoms with van der Waals surface area (Å²) in [7, 11) is 1.54. The highest BCUT2D eigenvalue weighted by Crippen LogP contribution is 2.34. The third-order valence-electron chi connectivity index (χ3n) is 2.58. The fraction of sp³-hybridized carbons (Fsp3) is 0.364. The Labute approximate surface area is 102 Å². The van der Waals surface area contributed by atoms with Crippen LogP contribution in [0.4, 0.5) is 14.5 Å². The number of halogens is 2. The standard InChI is InChI=1S/C11H12F2N2O3/c1-15-8-3-2-6(18-11(12)13)4-9(8)17-5-7(14)10(15)16/h2-4,7,11H,5,14H2,1H3/t7-/m0/s1. The molecule has 98 valence electrons. The number of fused-ring (bicyclic) bond motifs is 1. The highest BCUT2D eigenvalue weighted by atomic mass is 19.3. The van der Waals surface area contributed by atoms with E-state index in [0.717, 1.165) is 0 Å². The maximum Gasteiger partial charge on any atom is 0.387 e. The number of hydrogen-bond acceptors (Lipinski definition) is 4. The van der Waals surface area contributed by atoms with Gasteiger partial charge in [0.2, 0.25) is 5.91 Å². The lowest BCUT2D eigenvalue weighted by molar-refractivity contribution is -0.119. The molecule has 0 bridgehead atoms. The van der Waals surface area contributed by atoms with Crippen molar-refractivity contribution < 1.29 is 23.0 Å². The van der Waals surface area contributed by atoms with Crippen molar-refractivity contribution >= 4 is 11.6 Å². The largest absolute Gasteiger partial charge is 0.489 e. The topological polar surface area (TPSA) is 64.8 Å². The van der Waals surface area contributed by atoms with Crippen LogP contribution in [0.2, 0.25) is 0 Å². The van der Waals surface area contributed by atoms with E-state index in [2.05, 4.69) is 4.74 Å². The lowest BCUT2D eigenvalue weighted by atomic mass is 10.2. The Morgan fingerprint density at radius 2 is 2.28 bits per heavy atom. The summed E-state index contributed by atoms with van der Waals surface area (Å²) in [6.07, 6.45) is 0. The Kier molecular flexibility index (Phi) is 3.33. The summed E-state index contributed by atoms with van der Waals surface area (Å²) in [5, 5.41) is 0. The first-order valence-corrected chi connectivity index (χ1v) is 5.24. The molecule has 1 aliphatic rings. The molecule has 0 spiro atoms. The molecule has 5 nitrogen and oxygen atoms in total. The van der Waals surface area contributed by atoms with Crippen LogP contribution in [0, 0.1) is 0 Å². The quantitative estimate of drug-likeness (QED) is 0.858. The molecule has 1 atom stereocenters. The minimum atomic E-state index is -2.91. The summed E-state index contributed by atoms with van der Waals surface area (Å²) < 4.78 is 33.7. The Morgan fingerprint density at radius 3 is 2.94 bits per heavy atom. The van der Waals surface area contributed by atoms with Crippen molar-refractivity contribution in [3.8, 4) is 11.5 Å². The van der Waals surface area contributed by atoms with Gasteiger partial charge in [-0.2, -0.15) is 8.78 Å². The van der Waals surface area contributed by atoms with E-state index in [4.69, 9.17) is 10.5 Å². The summed E-state index contributed by atoms with van der Waals surface area (Å²) in [5.41, 5.74) is 6.07. The van der Waals surface area contributed by atoms with Crippen molar-refractivity contribution in [2.45, 2.75) is 12.7 Å². The number of nitrogens with zero attached hydrogens (tertiary/aromatic N) is 1. The Morgan fingerprint density at radius 1 is 1.56 bits per heavy atom. The molecule has 0 unspecified atom stereocenters. The lowest BCUT2D eigenvalue weighted by Gasteiger charge is -2.17. The SMILES string of the molecule is CN1C(=O)[C@@H](N)COc2cc(OC(F)F)ccc21. The minimum absolute atomic E-state index is 0.00565. The second kappa shape index (κ2) is 4.77. The Hall–Kier alpha value is -1.89. The summed E-state index contributed by atoms with van der Waals surface area (Å²) in [5.74, 6) is -0.0340. The number of rotatable bonds is 2. The van der Waals surface area contributed by atoms with Crippen LogP contribution < -0.4 is 20.1 Å². The number of carbonyl (C=O) groups excluding carboxylic acids is 1. The van der Waals surface area contributed by atoms with E-state index in [0.29, 0.717) is 5.69 Å². The molecule has 18 heavy (non-hydrogen) atoms. The van der Waals surface area contributed by atoms with E-state index in [1.54, 1.807) is 7.05 Å². The van der Waals surface area contributed by atoms with Gasteiger partial charge in [-0.3, -0.25) is 4.79 Å². The van der Waals surface area contributed by atoms with Gasteiger partial charge in [0.1, 0.15) is 24.1 Å². The molecule has 0 aliphatic carbocycles. The first kappa shape index (κ1) is 12.6. The third kappa shape index (κ3) is 2.35. The molecule has 7 heteroatoms. The maximum atomic E-state index is 12.1. The van der Waals surface area contributed by atoms with Gasteiger partial charge in [0.05, 0.1) is 5.69 Å². The molecule has 1 amide bonds. The van der Waals surface area contributed by atoms with E-state index in [1.807, 2.05) is 0 Å². The number of ether oxygens (including phenoxy) is 2. The predicted molar refractivity (Wildman–Crippen MR) is 60.0 cm³/mol. The molecule has 1 aromatic rings. The van der Waals surface area contributed by atoms with E-state index in [-0.39, 0.29) is 24.0 Å². The van der Waals surface area contributed by atoms with Crippen molar-refractivity contribution in [3.63, 3.8) is 0 Å². The van der Waals surface area contributed by atoms with Crippen molar-refractivity contribution in [2.24, 2.45) is 5.73 Å². The van der Waals surface area contributed by atoms with Crippen LogP contribution in [0.15, 0.2) is 18.2 Å². The van der Waals surface area contributed by atoms with E-state index >= 15 is 0 Å². The molecule has 1 heterocycles. The van der Waals surface area contributed by atoms with Crippen molar-refractivity contribution in [2.75, 3.05) is 18.6 Å². The summed E-state index contributed by atoms with van der Waals surface area (Å²) in [4.78, 5) is 13.1. The van der Waals surface area contributed by atoms with Gasteiger partial charge in [-0.15, -0.1) is 0 Å². The molecule has 0 saturated heterocycles. The average molecular weight is 258 g/mol. The molecule has 0 radical (unpaired) electrons. The number of benzene rings is 1. The summed E-state index contributed by atoms with van der Waals surface area (Å²) >= 11 is 0. The van der Waals surface area contributed by atoms with Gasteiger partial charge >= 0.3 is 6.61 Å². The first-order valence-electron chi connectivity index (χ1n) is 5.24. The van der Waals surface area contributed by atoms with E-state index in [9.17, 15) is 13.6 Å². The van der Waals surface area contributed by atoms with Crippen LogP contribution >= 0.6 is 0 Å². The number of nitrogens with two attached hydrogens (primary N) is 1. The van der Waals surface area contributed by atoms with Crippen molar-refractivity contribution in [3.05, 3.63) is 18.2 Å². The van der Waals surface area contributed by atoms with Gasteiger partial charge in [-0.05, 0) is 12.1 Å². The molecule has 0 aromatic heterocycles. The second-order valence-electron chi connectivity index (χ2n) is 3.82. The fourth-order valence-electron chi connectivity index (χ4n) is 1.68. The number of carbonyl (C=O) groups is 1. The number of amides is 1. The van der Waals surface area contributed by atoms with Gasteiger partial charge in [0.25, 0.3) is 0 Å². The van der Waals surface area contributed by atoms with Crippen LogP contribution in [0.3, 0.4) is 0 Å². The van der Waals surface area contributed by atoms with Crippen LogP contribution in [0.25, 0.3) is 0 Å². The Bertz CT molecular complexity index is 468. The highest BCUT2D eigenvalue weighted by Gasteiger charge is 2.26. The summed E-state index contributed by atoms with van der Waals surface area (Å²) in [6, 6.07) is 3.35. The summed E-state index contributed by atoms with van der Waals surface area (Å²) in [6.45, 7) is -2.91. The third-order valence-corrected chi connectivity index (χ3v) is 2.58. The van der Waals surface area contributed by atoms with E-state index < -0.39 is 12.7 Å². The second-order valence-corrected chi connectivity index (χ2v) is 3.82. The molecular formula is C11H12F2N2O3. The zero-order chi connectivity index (χ0) is 13.3.